The molecule has 1 aliphatic rings. The molecule has 0 fully saturated rings. The van der Waals surface area contributed by atoms with Crippen molar-refractivity contribution in [2.75, 3.05) is 37.5 Å². The Kier molecular flexibility index (Phi) is 4.62. The number of ether oxygens (including phenoxy) is 1. The van der Waals surface area contributed by atoms with Gasteiger partial charge in [0.05, 0.1) is 6.61 Å². The number of hydrogen-bond donors (Lipinski definition) is 2. The average molecular weight is 277 g/mol. The van der Waals surface area contributed by atoms with Gasteiger partial charge < -0.3 is 20.3 Å². The van der Waals surface area contributed by atoms with E-state index in [9.17, 15) is 4.79 Å². The summed E-state index contributed by atoms with van der Waals surface area (Å²) in [4.78, 5) is 14.1. The predicted octanol–water partition coefficient (Wildman–Crippen LogP) is 1.76. The molecule has 0 aliphatic carbocycles. The van der Waals surface area contributed by atoms with Crippen LogP contribution in [-0.4, -0.2) is 39.3 Å². The Labute approximate surface area is 120 Å². The monoisotopic (exact) mass is 277 g/mol. The Hall–Kier alpha value is -1.59. The van der Waals surface area contributed by atoms with Crippen LogP contribution < -0.4 is 15.5 Å². The topological polar surface area (TPSA) is 53.6 Å². The van der Waals surface area contributed by atoms with Crippen LogP contribution >= 0.6 is 0 Å². The van der Waals surface area contributed by atoms with Gasteiger partial charge in [-0.1, -0.05) is 6.07 Å². The molecule has 110 valence electrons. The standard InChI is InChI=1S/C15H23N3O2/c1-5-18(10(2)9-20-4)11-6-7-12-13(8-11)17-15(19)14(12)16-3/h6-8,10,14,16H,5,9H2,1-4H3,(H,17,19). The van der Waals surface area contributed by atoms with E-state index >= 15 is 0 Å². The lowest BCUT2D eigenvalue weighted by Gasteiger charge is -2.30. The Morgan fingerprint density at radius 2 is 2.25 bits per heavy atom. The molecule has 1 aliphatic heterocycles. The van der Waals surface area contributed by atoms with Crippen molar-refractivity contribution in [2.24, 2.45) is 0 Å². The molecule has 2 unspecified atom stereocenters. The lowest BCUT2D eigenvalue weighted by molar-refractivity contribution is -0.117. The van der Waals surface area contributed by atoms with Crippen LogP contribution in [0.25, 0.3) is 0 Å². The zero-order valence-corrected chi connectivity index (χ0v) is 12.6. The maximum atomic E-state index is 11.8. The zero-order chi connectivity index (χ0) is 14.7. The van der Waals surface area contributed by atoms with Gasteiger partial charge in [-0.05, 0) is 33.0 Å². The third kappa shape index (κ3) is 2.64. The number of carbonyl (C=O) groups excluding carboxylic acids is 1. The molecular formula is C15H23N3O2. The molecular weight excluding hydrogens is 254 g/mol. The fourth-order valence-corrected chi connectivity index (χ4v) is 2.80. The highest BCUT2D eigenvalue weighted by molar-refractivity contribution is 6.03. The van der Waals surface area contributed by atoms with E-state index in [0.717, 1.165) is 23.5 Å². The van der Waals surface area contributed by atoms with E-state index in [4.69, 9.17) is 4.74 Å². The second kappa shape index (κ2) is 6.24. The van der Waals surface area contributed by atoms with Crippen LogP contribution in [0.4, 0.5) is 11.4 Å². The van der Waals surface area contributed by atoms with Gasteiger partial charge in [0.2, 0.25) is 5.91 Å². The number of amides is 1. The van der Waals surface area contributed by atoms with Crippen LogP contribution in [0.5, 0.6) is 0 Å². The molecule has 1 aromatic carbocycles. The normalized spacial score (nSPS) is 18.6. The molecule has 1 heterocycles. The second-order valence-corrected chi connectivity index (χ2v) is 5.07. The summed E-state index contributed by atoms with van der Waals surface area (Å²) in [5.74, 6) is 0.00707. The summed E-state index contributed by atoms with van der Waals surface area (Å²) in [5, 5.41) is 5.96. The minimum atomic E-state index is -0.245. The molecule has 2 rings (SSSR count). The number of carbonyl (C=O) groups is 1. The van der Waals surface area contributed by atoms with Crippen molar-refractivity contribution in [1.29, 1.82) is 0 Å². The summed E-state index contributed by atoms with van der Waals surface area (Å²) in [7, 11) is 3.51. The van der Waals surface area contributed by atoms with Crippen LogP contribution in [0.2, 0.25) is 0 Å². The first-order valence-corrected chi connectivity index (χ1v) is 7.00. The summed E-state index contributed by atoms with van der Waals surface area (Å²) >= 11 is 0. The van der Waals surface area contributed by atoms with Crippen LogP contribution in [0.15, 0.2) is 18.2 Å². The molecule has 0 radical (unpaired) electrons. The largest absolute Gasteiger partial charge is 0.383 e. The van der Waals surface area contributed by atoms with Gasteiger partial charge in [-0.3, -0.25) is 4.79 Å². The van der Waals surface area contributed by atoms with E-state index in [2.05, 4.69) is 35.4 Å². The van der Waals surface area contributed by atoms with E-state index in [1.807, 2.05) is 12.1 Å². The number of likely N-dealkylation sites (N-methyl/N-ethyl adjacent to an activating group) is 2. The molecule has 2 atom stereocenters. The maximum Gasteiger partial charge on any atom is 0.246 e. The highest BCUT2D eigenvalue weighted by Crippen LogP contribution is 2.34. The molecule has 0 aromatic heterocycles. The molecule has 2 N–H and O–H groups in total. The molecule has 0 saturated carbocycles. The van der Waals surface area contributed by atoms with Gasteiger partial charge in [-0.2, -0.15) is 0 Å². The molecule has 0 spiro atoms. The van der Waals surface area contributed by atoms with E-state index in [1.165, 1.54) is 0 Å². The summed E-state index contributed by atoms with van der Waals surface area (Å²) in [6, 6.07) is 6.18. The highest BCUT2D eigenvalue weighted by Gasteiger charge is 2.29. The molecule has 5 heteroatoms. The third-order valence-corrected chi connectivity index (χ3v) is 3.77. The van der Waals surface area contributed by atoms with E-state index in [1.54, 1.807) is 14.2 Å². The Bertz CT molecular complexity index is 490. The Balaban J connectivity index is 2.27. The van der Waals surface area contributed by atoms with Gasteiger partial charge in [0.25, 0.3) is 0 Å². The summed E-state index contributed by atoms with van der Waals surface area (Å²) in [5.41, 5.74) is 3.01. The number of methoxy groups -OCH3 is 1. The van der Waals surface area contributed by atoms with E-state index in [-0.39, 0.29) is 11.9 Å². The molecule has 0 bridgehead atoms. The average Bonchev–Trinajstić information content (AvgIpc) is 2.74. The van der Waals surface area contributed by atoms with Gasteiger partial charge in [0.15, 0.2) is 0 Å². The lowest BCUT2D eigenvalue weighted by Crippen LogP contribution is -2.36. The van der Waals surface area contributed by atoms with Crippen molar-refractivity contribution >= 4 is 17.3 Å². The fourth-order valence-electron chi connectivity index (χ4n) is 2.80. The van der Waals surface area contributed by atoms with Crippen molar-refractivity contribution in [3.8, 4) is 0 Å². The van der Waals surface area contributed by atoms with Crippen LogP contribution in [-0.2, 0) is 9.53 Å². The Morgan fingerprint density at radius 3 is 2.85 bits per heavy atom. The smallest absolute Gasteiger partial charge is 0.246 e. The fraction of sp³-hybridized carbons (Fsp3) is 0.533. The molecule has 5 nitrogen and oxygen atoms in total. The van der Waals surface area contributed by atoms with Crippen LogP contribution in [0.3, 0.4) is 0 Å². The van der Waals surface area contributed by atoms with Crippen LogP contribution in [0, 0.1) is 0 Å². The second-order valence-electron chi connectivity index (χ2n) is 5.07. The first-order valence-electron chi connectivity index (χ1n) is 7.00. The van der Waals surface area contributed by atoms with Crippen molar-refractivity contribution in [3.63, 3.8) is 0 Å². The molecule has 20 heavy (non-hydrogen) atoms. The number of nitrogens with one attached hydrogen (secondary N) is 2. The highest BCUT2D eigenvalue weighted by atomic mass is 16.5. The first-order chi connectivity index (χ1) is 9.62. The summed E-state index contributed by atoms with van der Waals surface area (Å²) in [6.45, 7) is 5.83. The van der Waals surface area contributed by atoms with Gasteiger partial charge in [0, 0.05) is 36.6 Å². The van der Waals surface area contributed by atoms with Crippen molar-refractivity contribution in [1.82, 2.24) is 5.32 Å². The van der Waals surface area contributed by atoms with Crippen molar-refractivity contribution < 1.29 is 9.53 Å². The van der Waals surface area contributed by atoms with Gasteiger partial charge in [-0.15, -0.1) is 0 Å². The number of nitrogens with zero attached hydrogens (tertiary/aromatic N) is 1. The van der Waals surface area contributed by atoms with Crippen molar-refractivity contribution in [2.45, 2.75) is 25.9 Å². The predicted molar refractivity (Wildman–Crippen MR) is 81.2 cm³/mol. The van der Waals surface area contributed by atoms with E-state index < -0.39 is 0 Å². The van der Waals surface area contributed by atoms with E-state index in [0.29, 0.717) is 12.6 Å². The number of benzene rings is 1. The van der Waals surface area contributed by atoms with Crippen molar-refractivity contribution in [3.05, 3.63) is 23.8 Å². The minimum Gasteiger partial charge on any atom is -0.383 e. The van der Waals surface area contributed by atoms with Gasteiger partial charge in [-0.25, -0.2) is 0 Å². The first kappa shape index (κ1) is 14.8. The van der Waals surface area contributed by atoms with Gasteiger partial charge >= 0.3 is 0 Å². The maximum absolute atomic E-state index is 11.8. The molecule has 0 saturated heterocycles. The quantitative estimate of drug-likeness (QED) is 0.832. The van der Waals surface area contributed by atoms with Crippen LogP contribution in [0.1, 0.15) is 25.5 Å². The zero-order valence-electron chi connectivity index (χ0n) is 12.6. The number of hydrogen-bond acceptors (Lipinski definition) is 4. The summed E-state index contributed by atoms with van der Waals surface area (Å²) in [6.07, 6.45) is 0. The lowest BCUT2D eigenvalue weighted by atomic mass is 10.1. The van der Waals surface area contributed by atoms with Gasteiger partial charge in [0.1, 0.15) is 6.04 Å². The SMILES string of the molecule is CCN(c1ccc2c(c1)NC(=O)C2NC)C(C)COC. The summed E-state index contributed by atoms with van der Waals surface area (Å²) < 4.78 is 5.23. The molecule has 1 aromatic rings. The Morgan fingerprint density at radius 1 is 1.50 bits per heavy atom. The number of rotatable bonds is 6. The number of fused-ring (bicyclic) bond motifs is 1. The number of anilines is 2. The minimum absolute atomic E-state index is 0.00707. The molecule has 1 amide bonds. The third-order valence-electron chi connectivity index (χ3n) is 3.77.